The molecule has 2 nitrogen and oxygen atoms in total. The normalized spacial score (nSPS) is 12.0. The van der Waals surface area contributed by atoms with E-state index in [9.17, 15) is 0 Å². The molecular formula is C17H29NO. The van der Waals surface area contributed by atoms with E-state index in [1.807, 2.05) is 0 Å². The van der Waals surface area contributed by atoms with E-state index in [4.69, 9.17) is 10.5 Å². The van der Waals surface area contributed by atoms with E-state index in [2.05, 4.69) is 46.8 Å². The average molecular weight is 263 g/mol. The molecule has 0 aliphatic rings. The van der Waals surface area contributed by atoms with Crippen LogP contribution in [0.15, 0.2) is 12.1 Å². The van der Waals surface area contributed by atoms with Gasteiger partial charge in [0.2, 0.25) is 0 Å². The van der Waals surface area contributed by atoms with E-state index in [-0.39, 0.29) is 5.41 Å². The second kappa shape index (κ2) is 6.42. The largest absolute Gasteiger partial charge is 0.496 e. The lowest BCUT2D eigenvalue weighted by molar-refractivity contribution is 0.337. The first-order valence-corrected chi connectivity index (χ1v) is 7.18. The number of nitrogens with two attached hydrogens (primary N) is 1. The SMILES string of the molecule is COc1cc(C)c(CC(C)(C)CCN)cc1C(C)C. The van der Waals surface area contributed by atoms with Crippen LogP contribution in [0.4, 0.5) is 0 Å². The molecule has 0 spiro atoms. The van der Waals surface area contributed by atoms with E-state index in [1.54, 1.807) is 7.11 Å². The standard InChI is InChI=1S/C17H29NO/c1-12(2)15-10-14(11-17(4,5)7-8-18)13(3)9-16(15)19-6/h9-10,12H,7-8,11,18H2,1-6H3. The van der Waals surface area contributed by atoms with Crippen molar-refractivity contribution < 1.29 is 4.74 Å². The molecule has 108 valence electrons. The summed E-state index contributed by atoms with van der Waals surface area (Å²) in [5.41, 5.74) is 9.99. The van der Waals surface area contributed by atoms with Gasteiger partial charge in [-0.1, -0.05) is 33.8 Å². The van der Waals surface area contributed by atoms with Crippen molar-refractivity contribution in [3.8, 4) is 5.75 Å². The summed E-state index contributed by atoms with van der Waals surface area (Å²) in [6.07, 6.45) is 2.12. The Morgan fingerprint density at radius 1 is 1.26 bits per heavy atom. The zero-order valence-electron chi connectivity index (χ0n) is 13.3. The van der Waals surface area contributed by atoms with Crippen LogP contribution in [0.25, 0.3) is 0 Å². The summed E-state index contributed by atoms with van der Waals surface area (Å²) in [7, 11) is 1.75. The van der Waals surface area contributed by atoms with Gasteiger partial charge in [-0.15, -0.1) is 0 Å². The molecule has 1 rings (SSSR count). The Hall–Kier alpha value is -1.02. The molecule has 0 radical (unpaired) electrons. The zero-order chi connectivity index (χ0) is 14.6. The van der Waals surface area contributed by atoms with Gasteiger partial charge in [0.05, 0.1) is 7.11 Å². The maximum absolute atomic E-state index is 5.71. The highest BCUT2D eigenvalue weighted by atomic mass is 16.5. The van der Waals surface area contributed by atoms with Crippen molar-refractivity contribution >= 4 is 0 Å². The Labute approximate surface area is 118 Å². The zero-order valence-corrected chi connectivity index (χ0v) is 13.3. The molecule has 0 aliphatic heterocycles. The first kappa shape index (κ1) is 16.0. The maximum Gasteiger partial charge on any atom is 0.122 e. The average Bonchev–Trinajstić information content (AvgIpc) is 2.30. The van der Waals surface area contributed by atoms with Gasteiger partial charge < -0.3 is 10.5 Å². The molecule has 0 atom stereocenters. The van der Waals surface area contributed by atoms with Crippen LogP contribution in [-0.2, 0) is 6.42 Å². The topological polar surface area (TPSA) is 35.2 Å². The number of rotatable bonds is 6. The summed E-state index contributed by atoms with van der Waals surface area (Å²) in [6, 6.07) is 4.49. The Morgan fingerprint density at radius 3 is 2.37 bits per heavy atom. The molecule has 0 amide bonds. The number of ether oxygens (including phenoxy) is 1. The van der Waals surface area contributed by atoms with Gasteiger partial charge in [0.25, 0.3) is 0 Å². The molecule has 0 fully saturated rings. The van der Waals surface area contributed by atoms with Crippen LogP contribution in [0.5, 0.6) is 5.75 Å². The molecule has 0 aliphatic carbocycles. The second-order valence-corrected chi connectivity index (χ2v) is 6.56. The maximum atomic E-state index is 5.71. The van der Waals surface area contributed by atoms with Gasteiger partial charge in [-0.2, -0.15) is 0 Å². The van der Waals surface area contributed by atoms with Gasteiger partial charge in [0.15, 0.2) is 0 Å². The van der Waals surface area contributed by atoms with E-state index < -0.39 is 0 Å². The summed E-state index contributed by atoms with van der Waals surface area (Å²) in [6.45, 7) is 11.9. The summed E-state index contributed by atoms with van der Waals surface area (Å²) < 4.78 is 5.50. The number of hydrogen-bond donors (Lipinski definition) is 1. The third-order valence-corrected chi connectivity index (χ3v) is 3.80. The lowest BCUT2D eigenvalue weighted by Crippen LogP contribution is -2.20. The highest BCUT2D eigenvalue weighted by Crippen LogP contribution is 2.33. The van der Waals surface area contributed by atoms with Crippen molar-refractivity contribution in [1.82, 2.24) is 0 Å². The smallest absolute Gasteiger partial charge is 0.122 e. The van der Waals surface area contributed by atoms with Crippen LogP contribution in [0.2, 0.25) is 0 Å². The third kappa shape index (κ3) is 4.24. The van der Waals surface area contributed by atoms with Crippen LogP contribution < -0.4 is 10.5 Å². The van der Waals surface area contributed by atoms with Crippen LogP contribution >= 0.6 is 0 Å². The molecule has 0 heterocycles. The highest BCUT2D eigenvalue weighted by Gasteiger charge is 2.20. The van der Waals surface area contributed by atoms with Gasteiger partial charge in [-0.3, -0.25) is 0 Å². The van der Waals surface area contributed by atoms with Crippen molar-refractivity contribution in [2.75, 3.05) is 13.7 Å². The quantitative estimate of drug-likeness (QED) is 0.840. The van der Waals surface area contributed by atoms with Gasteiger partial charge >= 0.3 is 0 Å². The molecule has 2 N–H and O–H groups in total. The lowest BCUT2D eigenvalue weighted by atomic mass is 9.80. The van der Waals surface area contributed by atoms with E-state index in [0.29, 0.717) is 5.92 Å². The fraction of sp³-hybridized carbons (Fsp3) is 0.647. The van der Waals surface area contributed by atoms with Crippen LogP contribution in [0.1, 0.15) is 56.7 Å². The van der Waals surface area contributed by atoms with Crippen molar-refractivity contribution in [3.05, 3.63) is 28.8 Å². The molecule has 1 aromatic carbocycles. The van der Waals surface area contributed by atoms with Gasteiger partial charge in [-0.25, -0.2) is 0 Å². The minimum atomic E-state index is 0.252. The van der Waals surface area contributed by atoms with Gasteiger partial charge in [0, 0.05) is 0 Å². The van der Waals surface area contributed by atoms with E-state index in [1.165, 1.54) is 16.7 Å². The fourth-order valence-corrected chi connectivity index (χ4v) is 2.56. The van der Waals surface area contributed by atoms with Gasteiger partial charge in [-0.05, 0) is 60.4 Å². The molecule has 1 aromatic rings. The number of hydrogen-bond acceptors (Lipinski definition) is 2. The summed E-state index contributed by atoms with van der Waals surface area (Å²) in [5, 5.41) is 0. The minimum absolute atomic E-state index is 0.252. The Morgan fingerprint density at radius 2 is 1.89 bits per heavy atom. The van der Waals surface area contributed by atoms with Crippen LogP contribution in [-0.4, -0.2) is 13.7 Å². The fourth-order valence-electron chi connectivity index (χ4n) is 2.56. The van der Waals surface area contributed by atoms with Crippen molar-refractivity contribution in [2.24, 2.45) is 11.1 Å². The number of methoxy groups -OCH3 is 1. The first-order valence-electron chi connectivity index (χ1n) is 7.18. The Balaban J connectivity index is 3.11. The Kier molecular flexibility index (Phi) is 5.42. The molecule has 2 heteroatoms. The van der Waals surface area contributed by atoms with Crippen LogP contribution in [0.3, 0.4) is 0 Å². The van der Waals surface area contributed by atoms with Crippen LogP contribution in [0, 0.1) is 12.3 Å². The molecule has 0 saturated carbocycles. The summed E-state index contributed by atoms with van der Waals surface area (Å²) >= 11 is 0. The highest BCUT2D eigenvalue weighted by molar-refractivity contribution is 5.44. The molecule has 0 aromatic heterocycles. The van der Waals surface area contributed by atoms with Gasteiger partial charge in [0.1, 0.15) is 5.75 Å². The van der Waals surface area contributed by atoms with E-state index in [0.717, 1.165) is 25.1 Å². The van der Waals surface area contributed by atoms with Crippen molar-refractivity contribution in [2.45, 2.75) is 53.4 Å². The molecule has 0 unspecified atom stereocenters. The first-order chi connectivity index (χ1) is 8.80. The third-order valence-electron chi connectivity index (χ3n) is 3.80. The summed E-state index contributed by atoms with van der Waals surface area (Å²) in [5.74, 6) is 1.49. The molecule has 0 saturated heterocycles. The molecular weight excluding hydrogens is 234 g/mol. The van der Waals surface area contributed by atoms with E-state index >= 15 is 0 Å². The minimum Gasteiger partial charge on any atom is -0.496 e. The number of benzene rings is 1. The molecule has 19 heavy (non-hydrogen) atoms. The van der Waals surface area contributed by atoms with Crippen molar-refractivity contribution in [1.29, 1.82) is 0 Å². The predicted octanol–water partition coefficient (Wildman–Crippen LogP) is 4.04. The lowest BCUT2D eigenvalue weighted by Gasteiger charge is -2.26. The summed E-state index contributed by atoms with van der Waals surface area (Å²) in [4.78, 5) is 0. The molecule has 0 bridgehead atoms. The second-order valence-electron chi connectivity index (χ2n) is 6.56. The van der Waals surface area contributed by atoms with Crippen molar-refractivity contribution in [3.63, 3.8) is 0 Å². The monoisotopic (exact) mass is 263 g/mol. The number of aryl methyl sites for hydroxylation is 1. The Bertz CT molecular complexity index is 422. The predicted molar refractivity (Wildman–Crippen MR) is 83.0 cm³/mol.